The van der Waals surface area contributed by atoms with Gasteiger partial charge in [-0.05, 0) is 32.9 Å². The SMILES string of the molecule is CCNc1ccccc1S(=O)(=O)NCCC(=O)NC(C)C. The predicted molar refractivity (Wildman–Crippen MR) is 83.7 cm³/mol. The maximum Gasteiger partial charge on any atom is 0.242 e. The zero-order valence-electron chi connectivity index (χ0n) is 12.6. The molecule has 0 aliphatic carbocycles. The van der Waals surface area contributed by atoms with Crippen molar-refractivity contribution in [3.05, 3.63) is 24.3 Å². The summed E-state index contributed by atoms with van der Waals surface area (Å²) in [7, 11) is -3.63. The minimum absolute atomic E-state index is 0.0450. The zero-order valence-corrected chi connectivity index (χ0v) is 13.5. The highest BCUT2D eigenvalue weighted by Crippen LogP contribution is 2.20. The molecule has 1 aromatic rings. The molecule has 0 aliphatic heterocycles. The molecule has 3 N–H and O–H groups in total. The molecule has 7 heteroatoms. The van der Waals surface area contributed by atoms with E-state index < -0.39 is 10.0 Å². The van der Waals surface area contributed by atoms with E-state index in [1.54, 1.807) is 18.2 Å². The topological polar surface area (TPSA) is 87.3 Å². The maximum atomic E-state index is 12.2. The van der Waals surface area contributed by atoms with Crippen molar-refractivity contribution in [3.8, 4) is 0 Å². The van der Waals surface area contributed by atoms with Gasteiger partial charge < -0.3 is 10.6 Å². The van der Waals surface area contributed by atoms with Gasteiger partial charge in [0.25, 0.3) is 0 Å². The van der Waals surface area contributed by atoms with Crippen LogP contribution in [-0.4, -0.2) is 33.5 Å². The van der Waals surface area contributed by atoms with Crippen LogP contribution in [0.1, 0.15) is 27.2 Å². The largest absolute Gasteiger partial charge is 0.384 e. The van der Waals surface area contributed by atoms with Gasteiger partial charge in [0.1, 0.15) is 4.90 Å². The molecule has 0 radical (unpaired) electrons. The Hall–Kier alpha value is -1.60. The van der Waals surface area contributed by atoms with Gasteiger partial charge in [0.15, 0.2) is 0 Å². The van der Waals surface area contributed by atoms with Crippen molar-refractivity contribution in [1.82, 2.24) is 10.0 Å². The number of sulfonamides is 1. The number of carbonyl (C=O) groups is 1. The fourth-order valence-corrected chi connectivity index (χ4v) is 3.02. The van der Waals surface area contributed by atoms with Gasteiger partial charge in [-0.15, -0.1) is 0 Å². The molecule has 118 valence electrons. The van der Waals surface area contributed by atoms with Crippen LogP contribution in [0.25, 0.3) is 0 Å². The third kappa shape index (κ3) is 5.73. The molecule has 0 aliphatic rings. The molecule has 0 atom stereocenters. The number of rotatable bonds is 8. The van der Waals surface area contributed by atoms with Crippen molar-refractivity contribution in [3.63, 3.8) is 0 Å². The normalized spacial score (nSPS) is 11.4. The van der Waals surface area contributed by atoms with E-state index in [-0.39, 0.29) is 29.8 Å². The quantitative estimate of drug-likeness (QED) is 0.675. The average molecular weight is 313 g/mol. The molecule has 1 rings (SSSR count). The van der Waals surface area contributed by atoms with Crippen LogP contribution >= 0.6 is 0 Å². The minimum atomic E-state index is -3.63. The van der Waals surface area contributed by atoms with E-state index in [1.807, 2.05) is 20.8 Å². The molecule has 0 unspecified atom stereocenters. The molecule has 0 saturated carbocycles. The smallest absolute Gasteiger partial charge is 0.242 e. The fourth-order valence-electron chi connectivity index (χ4n) is 1.81. The van der Waals surface area contributed by atoms with E-state index in [0.29, 0.717) is 12.2 Å². The lowest BCUT2D eigenvalue weighted by Crippen LogP contribution is -2.34. The number of nitrogens with one attached hydrogen (secondary N) is 3. The lowest BCUT2D eigenvalue weighted by Gasteiger charge is -2.12. The molecule has 21 heavy (non-hydrogen) atoms. The second-order valence-corrected chi connectivity index (χ2v) is 6.63. The number of hydrogen-bond acceptors (Lipinski definition) is 4. The van der Waals surface area contributed by atoms with Crippen LogP contribution < -0.4 is 15.4 Å². The van der Waals surface area contributed by atoms with Gasteiger partial charge >= 0.3 is 0 Å². The Labute approximate surface area is 126 Å². The van der Waals surface area contributed by atoms with Crippen molar-refractivity contribution in [1.29, 1.82) is 0 Å². The molecule has 6 nitrogen and oxygen atoms in total. The summed E-state index contributed by atoms with van der Waals surface area (Å²) >= 11 is 0. The Bertz CT molecular complexity index is 571. The molecule has 0 heterocycles. The summed E-state index contributed by atoms with van der Waals surface area (Å²) in [5, 5.41) is 5.72. The third-order valence-electron chi connectivity index (χ3n) is 2.64. The van der Waals surface area contributed by atoms with Crippen LogP contribution in [0.15, 0.2) is 29.2 Å². The number of para-hydroxylation sites is 1. The summed E-state index contributed by atoms with van der Waals surface area (Å²) in [4.78, 5) is 11.7. The first kappa shape index (κ1) is 17.5. The summed E-state index contributed by atoms with van der Waals surface area (Å²) in [6.07, 6.45) is 0.112. The Kier molecular flexibility index (Phi) is 6.64. The molecule has 0 spiro atoms. The van der Waals surface area contributed by atoms with Crippen molar-refractivity contribution in [2.45, 2.75) is 38.1 Å². The van der Waals surface area contributed by atoms with E-state index in [1.165, 1.54) is 6.07 Å². The van der Waals surface area contributed by atoms with Crippen LogP contribution in [0.4, 0.5) is 5.69 Å². The molecule has 0 saturated heterocycles. The zero-order chi connectivity index (χ0) is 15.9. The summed E-state index contributed by atoms with van der Waals surface area (Å²) < 4.78 is 26.9. The van der Waals surface area contributed by atoms with E-state index in [2.05, 4.69) is 15.4 Å². The molecule has 1 amide bonds. The monoisotopic (exact) mass is 313 g/mol. The van der Waals surface area contributed by atoms with Crippen molar-refractivity contribution < 1.29 is 13.2 Å². The maximum absolute atomic E-state index is 12.2. The fraction of sp³-hybridized carbons (Fsp3) is 0.500. The van der Waals surface area contributed by atoms with Crippen LogP contribution in [0.3, 0.4) is 0 Å². The standard InChI is InChI=1S/C14H23N3O3S/c1-4-15-12-7-5-6-8-13(12)21(19,20)16-10-9-14(18)17-11(2)3/h5-8,11,15-16H,4,9-10H2,1-3H3,(H,17,18). The van der Waals surface area contributed by atoms with Crippen molar-refractivity contribution in [2.75, 3.05) is 18.4 Å². The number of anilines is 1. The van der Waals surface area contributed by atoms with Crippen LogP contribution in [0.5, 0.6) is 0 Å². The van der Waals surface area contributed by atoms with Gasteiger partial charge in [-0.25, -0.2) is 13.1 Å². The third-order valence-corrected chi connectivity index (χ3v) is 4.16. The summed E-state index contributed by atoms with van der Waals surface area (Å²) in [6, 6.07) is 6.73. The van der Waals surface area contributed by atoms with Gasteiger partial charge in [0, 0.05) is 25.6 Å². The second-order valence-electron chi connectivity index (χ2n) is 4.90. The van der Waals surface area contributed by atoms with Gasteiger partial charge in [-0.1, -0.05) is 12.1 Å². The highest BCUT2D eigenvalue weighted by molar-refractivity contribution is 7.89. The van der Waals surface area contributed by atoms with Gasteiger partial charge in [0.2, 0.25) is 15.9 Å². The van der Waals surface area contributed by atoms with Crippen LogP contribution in [0, 0.1) is 0 Å². The first-order chi connectivity index (χ1) is 9.86. The summed E-state index contributed by atoms with van der Waals surface area (Å²) in [6.45, 7) is 6.31. The number of amides is 1. The lowest BCUT2D eigenvalue weighted by molar-refractivity contribution is -0.121. The van der Waals surface area contributed by atoms with Gasteiger partial charge in [-0.2, -0.15) is 0 Å². The van der Waals surface area contributed by atoms with E-state index in [4.69, 9.17) is 0 Å². The first-order valence-corrected chi connectivity index (χ1v) is 8.47. The molecule has 0 aromatic heterocycles. The minimum Gasteiger partial charge on any atom is -0.384 e. The lowest BCUT2D eigenvalue weighted by atomic mass is 10.3. The van der Waals surface area contributed by atoms with Crippen LogP contribution in [0.2, 0.25) is 0 Å². The number of benzene rings is 1. The Morgan fingerprint density at radius 3 is 2.52 bits per heavy atom. The van der Waals surface area contributed by atoms with E-state index >= 15 is 0 Å². The first-order valence-electron chi connectivity index (χ1n) is 6.98. The van der Waals surface area contributed by atoms with Crippen molar-refractivity contribution in [2.24, 2.45) is 0 Å². The van der Waals surface area contributed by atoms with Gasteiger partial charge in [0.05, 0.1) is 5.69 Å². The van der Waals surface area contributed by atoms with Crippen LogP contribution in [-0.2, 0) is 14.8 Å². The summed E-state index contributed by atoms with van der Waals surface area (Å²) in [5.74, 6) is -0.173. The van der Waals surface area contributed by atoms with Gasteiger partial charge in [-0.3, -0.25) is 4.79 Å². The second kappa shape index (κ2) is 7.99. The molecule has 1 aromatic carbocycles. The Balaban J connectivity index is 2.68. The highest BCUT2D eigenvalue weighted by atomic mass is 32.2. The average Bonchev–Trinajstić information content (AvgIpc) is 2.38. The van der Waals surface area contributed by atoms with Crippen molar-refractivity contribution >= 4 is 21.6 Å². The molecule has 0 bridgehead atoms. The van der Waals surface area contributed by atoms with E-state index in [9.17, 15) is 13.2 Å². The molecular formula is C14H23N3O3S. The van der Waals surface area contributed by atoms with E-state index in [0.717, 1.165) is 0 Å². The summed E-state index contributed by atoms with van der Waals surface area (Å²) in [5.41, 5.74) is 0.555. The Morgan fingerprint density at radius 1 is 1.24 bits per heavy atom. The Morgan fingerprint density at radius 2 is 1.90 bits per heavy atom. The highest BCUT2D eigenvalue weighted by Gasteiger charge is 2.17. The number of carbonyl (C=O) groups excluding carboxylic acids is 1. The molecular weight excluding hydrogens is 290 g/mol. The predicted octanol–water partition coefficient (Wildman–Crippen LogP) is 1.31. The molecule has 0 fully saturated rings. The number of hydrogen-bond donors (Lipinski definition) is 3.